The molecule has 2 aromatic heterocycles. The zero-order valence-corrected chi connectivity index (χ0v) is 19.6. The van der Waals surface area contributed by atoms with E-state index in [1.54, 1.807) is 6.07 Å². The molecule has 0 amide bonds. The Morgan fingerprint density at radius 1 is 1.15 bits per heavy atom. The van der Waals surface area contributed by atoms with E-state index in [-0.39, 0.29) is 15.2 Å². The summed E-state index contributed by atoms with van der Waals surface area (Å²) >= 11 is 0. The number of alkyl halides is 2. The topological polar surface area (TPSA) is 83.3 Å². The second-order valence-corrected chi connectivity index (χ2v) is 11.2. The van der Waals surface area contributed by atoms with E-state index in [4.69, 9.17) is 9.72 Å². The number of halogens is 2. The molecule has 0 radical (unpaired) electrons. The molecule has 33 heavy (non-hydrogen) atoms. The summed E-state index contributed by atoms with van der Waals surface area (Å²) in [7, 11) is -3.99. The molecule has 0 aliphatic carbocycles. The second-order valence-electron chi connectivity index (χ2n) is 9.21. The summed E-state index contributed by atoms with van der Waals surface area (Å²) in [5, 5.41) is 0. The summed E-state index contributed by atoms with van der Waals surface area (Å²) in [6.07, 6.45) is 3.07. The largest absolute Gasteiger partial charge is 0.417 e. The molecule has 0 unspecified atom stereocenters. The Morgan fingerprint density at radius 2 is 1.85 bits per heavy atom. The normalized spacial score (nSPS) is 15.9. The van der Waals surface area contributed by atoms with Gasteiger partial charge >= 0.3 is 6.61 Å². The Labute approximate surface area is 191 Å². The van der Waals surface area contributed by atoms with Crippen LogP contribution in [0.15, 0.2) is 46.3 Å². The number of pyridine rings is 1. The zero-order chi connectivity index (χ0) is 23.8. The van der Waals surface area contributed by atoms with E-state index in [1.807, 2.05) is 0 Å². The lowest BCUT2D eigenvalue weighted by atomic mass is 9.94. The molecule has 10 heteroatoms. The van der Waals surface area contributed by atoms with E-state index in [9.17, 15) is 17.2 Å². The summed E-state index contributed by atoms with van der Waals surface area (Å²) in [6.45, 7) is 5.41. The average Bonchev–Trinajstić information content (AvgIpc) is 3.12. The first-order valence-corrected chi connectivity index (χ1v) is 12.3. The lowest BCUT2D eigenvalue weighted by molar-refractivity contribution is -0.0530. The number of imidazole rings is 1. The van der Waals surface area contributed by atoms with Gasteiger partial charge in [-0.3, -0.25) is 0 Å². The third kappa shape index (κ3) is 5.01. The number of hydrogen-bond acceptors (Lipinski definition) is 6. The second kappa shape index (κ2) is 8.98. The van der Waals surface area contributed by atoms with Crippen molar-refractivity contribution in [3.05, 3.63) is 42.4 Å². The van der Waals surface area contributed by atoms with Crippen molar-refractivity contribution in [1.29, 1.82) is 0 Å². The fraction of sp³-hybridized carbons (Fsp3) is 0.478. The summed E-state index contributed by atoms with van der Waals surface area (Å²) in [6, 6.07) is 7.08. The molecule has 4 rings (SSSR count). The highest BCUT2D eigenvalue weighted by Gasteiger charge is 2.27. The number of nitrogens with zero attached hydrogens (tertiary/aromatic N) is 3. The third-order valence-electron chi connectivity index (χ3n) is 5.71. The van der Waals surface area contributed by atoms with Crippen LogP contribution in [0.3, 0.4) is 0 Å². The van der Waals surface area contributed by atoms with Gasteiger partial charge in [0.1, 0.15) is 5.82 Å². The van der Waals surface area contributed by atoms with Gasteiger partial charge in [-0.05, 0) is 43.0 Å². The van der Waals surface area contributed by atoms with E-state index in [1.165, 1.54) is 18.2 Å². The number of sulfone groups is 1. The number of fused-ring (bicyclic) bond motifs is 1. The molecule has 1 aromatic carbocycles. The quantitative estimate of drug-likeness (QED) is 0.514. The fourth-order valence-corrected chi connectivity index (χ4v) is 5.35. The highest BCUT2D eigenvalue weighted by Crippen LogP contribution is 2.32. The number of hydrogen-bond donors (Lipinski definition) is 0. The predicted molar refractivity (Wildman–Crippen MR) is 118 cm³/mol. The first kappa shape index (κ1) is 23.6. The van der Waals surface area contributed by atoms with Crippen molar-refractivity contribution >= 4 is 20.9 Å². The van der Waals surface area contributed by atoms with E-state index in [0.717, 1.165) is 56.2 Å². The molecule has 0 N–H and O–H groups in total. The van der Waals surface area contributed by atoms with E-state index >= 15 is 0 Å². The molecule has 1 fully saturated rings. The zero-order valence-electron chi connectivity index (χ0n) is 18.8. The third-order valence-corrected chi connectivity index (χ3v) is 7.46. The van der Waals surface area contributed by atoms with Gasteiger partial charge in [0.05, 0.1) is 20.8 Å². The van der Waals surface area contributed by atoms with Gasteiger partial charge < -0.3 is 14.0 Å². The maximum atomic E-state index is 13.2. The van der Waals surface area contributed by atoms with Crippen molar-refractivity contribution in [3.8, 4) is 5.88 Å². The van der Waals surface area contributed by atoms with Crippen molar-refractivity contribution in [2.75, 3.05) is 13.2 Å². The molecular weight excluding hydrogens is 452 g/mol. The van der Waals surface area contributed by atoms with Crippen LogP contribution in [0.5, 0.6) is 5.88 Å². The minimum absolute atomic E-state index is 0.0281. The smallest absolute Gasteiger partial charge is 0.388 e. The summed E-state index contributed by atoms with van der Waals surface area (Å²) in [5.41, 5.74) is 1.20. The average molecular weight is 480 g/mol. The molecule has 3 aromatic rings. The van der Waals surface area contributed by atoms with Crippen LogP contribution in [0.1, 0.15) is 39.4 Å². The van der Waals surface area contributed by atoms with Gasteiger partial charge in [-0.15, -0.1) is 0 Å². The first-order chi connectivity index (χ1) is 15.6. The predicted octanol–water partition coefficient (Wildman–Crippen LogP) is 4.59. The molecule has 1 aliphatic heterocycles. The Kier molecular flexibility index (Phi) is 6.41. The maximum Gasteiger partial charge on any atom is 0.388 e. The SMILES string of the molecule is CC(C)(C)c1nc2cc(S(=O)(=O)c3ccnc(OC(F)F)c3)ccc2n1CC1CCOCC1. The fourth-order valence-electron chi connectivity index (χ4n) is 4.07. The van der Waals surface area contributed by atoms with Gasteiger partial charge in [0.25, 0.3) is 0 Å². The molecule has 0 bridgehead atoms. The van der Waals surface area contributed by atoms with Crippen LogP contribution in [0.4, 0.5) is 8.78 Å². The van der Waals surface area contributed by atoms with Crippen molar-refractivity contribution in [2.45, 2.75) is 62.0 Å². The summed E-state index contributed by atoms with van der Waals surface area (Å²) in [5.74, 6) is 0.892. The Balaban J connectivity index is 1.75. The van der Waals surface area contributed by atoms with E-state index in [2.05, 4.69) is 35.1 Å². The number of rotatable bonds is 6. The van der Waals surface area contributed by atoms with Gasteiger partial charge in [-0.2, -0.15) is 8.78 Å². The summed E-state index contributed by atoms with van der Waals surface area (Å²) < 4.78 is 63.4. The Bertz CT molecular complexity index is 1250. The van der Waals surface area contributed by atoms with Crippen molar-refractivity contribution in [2.24, 2.45) is 5.92 Å². The van der Waals surface area contributed by atoms with Crippen molar-refractivity contribution in [3.63, 3.8) is 0 Å². The standard InChI is InChI=1S/C23H27F2N3O4S/c1-23(2,3)21-27-18-12-16(4-5-19(18)28(21)14-15-7-10-31-11-8-15)33(29,30)17-6-9-26-20(13-17)32-22(24)25/h4-6,9,12-13,15,22H,7-8,10-11,14H2,1-3H3. The summed E-state index contributed by atoms with van der Waals surface area (Å²) in [4.78, 5) is 8.30. The van der Waals surface area contributed by atoms with Crippen molar-refractivity contribution in [1.82, 2.24) is 14.5 Å². The molecule has 0 spiro atoms. The molecule has 1 saturated heterocycles. The molecule has 0 atom stereocenters. The van der Waals surface area contributed by atoms with E-state index in [0.29, 0.717) is 11.4 Å². The Hall–Kier alpha value is -2.59. The molecule has 3 heterocycles. The van der Waals surface area contributed by atoms with Gasteiger partial charge in [0.15, 0.2) is 0 Å². The van der Waals surface area contributed by atoms with Crippen molar-refractivity contribution < 1.29 is 26.7 Å². The first-order valence-electron chi connectivity index (χ1n) is 10.8. The number of ether oxygens (including phenoxy) is 2. The molecule has 0 saturated carbocycles. The van der Waals surface area contributed by atoms with Crippen LogP contribution in [-0.2, 0) is 26.5 Å². The highest BCUT2D eigenvalue weighted by atomic mass is 32.2. The number of benzene rings is 1. The minimum atomic E-state index is -3.99. The Morgan fingerprint density at radius 3 is 2.52 bits per heavy atom. The monoisotopic (exact) mass is 479 g/mol. The van der Waals surface area contributed by atoms with Gasteiger partial charge in [-0.25, -0.2) is 18.4 Å². The van der Waals surface area contributed by atoms with Crippen LogP contribution in [-0.4, -0.2) is 42.8 Å². The van der Waals surface area contributed by atoms with Crippen LogP contribution >= 0.6 is 0 Å². The highest BCUT2D eigenvalue weighted by molar-refractivity contribution is 7.91. The molecule has 7 nitrogen and oxygen atoms in total. The lowest BCUT2D eigenvalue weighted by Gasteiger charge is -2.26. The van der Waals surface area contributed by atoms with Crippen LogP contribution in [0, 0.1) is 5.92 Å². The van der Waals surface area contributed by atoms with Gasteiger partial charge in [0, 0.05) is 37.4 Å². The lowest BCUT2D eigenvalue weighted by Crippen LogP contribution is -2.25. The molecule has 178 valence electrons. The van der Waals surface area contributed by atoms with Crippen LogP contribution in [0.2, 0.25) is 0 Å². The molecule has 1 aliphatic rings. The van der Waals surface area contributed by atoms with Gasteiger partial charge in [0.2, 0.25) is 15.7 Å². The number of aromatic nitrogens is 3. The minimum Gasteiger partial charge on any atom is -0.417 e. The molecular formula is C23H27F2N3O4S. The van der Waals surface area contributed by atoms with Crippen LogP contribution < -0.4 is 4.74 Å². The van der Waals surface area contributed by atoms with Crippen LogP contribution in [0.25, 0.3) is 11.0 Å². The maximum absolute atomic E-state index is 13.2. The van der Waals surface area contributed by atoms with Gasteiger partial charge in [-0.1, -0.05) is 20.8 Å². The van der Waals surface area contributed by atoms with E-state index < -0.39 is 22.3 Å².